The van der Waals surface area contributed by atoms with Gasteiger partial charge in [-0.1, -0.05) is 25.1 Å². The smallest absolute Gasteiger partial charge is 0.0726 e. The molecule has 0 amide bonds. The molecule has 1 N–H and O–H groups in total. The quantitative estimate of drug-likeness (QED) is 0.758. The van der Waals surface area contributed by atoms with E-state index in [0.29, 0.717) is 0 Å². The van der Waals surface area contributed by atoms with E-state index in [1.807, 2.05) is 6.07 Å². The van der Waals surface area contributed by atoms with E-state index < -0.39 is 0 Å². The van der Waals surface area contributed by atoms with Crippen LogP contribution in [0.1, 0.15) is 19.0 Å². The van der Waals surface area contributed by atoms with Gasteiger partial charge in [0, 0.05) is 44.9 Å². The number of methoxy groups -OCH3 is 1. The van der Waals surface area contributed by atoms with Gasteiger partial charge < -0.3 is 15.0 Å². The summed E-state index contributed by atoms with van der Waals surface area (Å²) in [5.74, 6) is 0. The Labute approximate surface area is 127 Å². The van der Waals surface area contributed by atoms with Crippen molar-refractivity contribution in [2.45, 2.75) is 19.9 Å². The lowest BCUT2D eigenvalue weighted by Gasteiger charge is -2.22. The van der Waals surface area contributed by atoms with Gasteiger partial charge in [0.2, 0.25) is 0 Å². The molecule has 0 saturated heterocycles. The van der Waals surface area contributed by atoms with Gasteiger partial charge in [-0.25, -0.2) is 0 Å². The zero-order valence-electron chi connectivity index (χ0n) is 13.2. The maximum absolute atomic E-state index is 5.14. The topological polar surface area (TPSA) is 37.4 Å². The van der Waals surface area contributed by atoms with Crippen LogP contribution >= 0.6 is 0 Å². The number of nitrogens with zero attached hydrogens (tertiary/aromatic N) is 2. The summed E-state index contributed by atoms with van der Waals surface area (Å²) >= 11 is 0. The third kappa shape index (κ3) is 4.16. The van der Waals surface area contributed by atoms with E-state index in [1.54, 1.807) is 7.11 Å². The van der Waals surface area contributed by atoms with Crippen molar-refractivity contribution in [1.82, 2.24) is 10.3 Å². The molecule has 0 fully saturated rings. The van der Waals surface area contributed by atoms with Crippen LogP contribution in [-0.4, -0.2) is 38.8 Å². The highest BCUT2D eigenvalue weighted by Crippen LogP contribution is 2.26. The van der Waals surface area contributed by atoms with Crippen molar-refractivity contribution in [1.29, 1.82) is 0 Å². The van der Waals surface area contributed by atoms with Crippen molar-refractivity contribution in [2.75, 3.05) is 38.8 Å². The highest BCUT2D eigenvalue weighted by Gasteiger charge is 2.09. The van der Waals surface area contributed by atoms with Gasteiger partial charge >= 0.3 is 0 Å². The normalized spacial score (nSPS) is 11.0. The number of aromatic nitrogens is 1. The number of hydrogen-bond acceptors (Lipinski definition) is 4. The van der Waals surface area contributed by atoms with Crippen LogP contribution in [0.5, 0.6) is 0 Å². The lowest BCUT2D eigenvalue weighted by molar-refractivity contribution is 0.196. The van der Waals surface area contributed by atoms with Crippen LogP contribution in [0.3, 0.4) is 0 Å². The fourth-order valence-electron chi connectivity index (χ4n) is 2.44. The molecule has 0 unspecified atom stereocenters. The summed E-state index contributed by atoms with van der Waals surface area (Å²) in [7, 11) is 3.88. The lowest BCUT2D eigenvalue weighted by atomic mass is 10.1. The summed E-state index contributed by atoms with van der Waals surface area (Å²) in [6.45, 7) is 5.63. The van der Waals surface area contributed by atoms with Crippen molar-refractivity contribution >= 4 is 16.6 Å². The Kier molecular flexibility index (Phi) is 5.96. The molecule has 4 heteroatoms. The fourth-order valence-corrected chi connectivity index (χ4v) is 2.44. The molecule has 0 aliphatic heterocycles. The average molecular weight is 287 g/mol. The fraction of sp³-hybridized carbons (Fsp3) is 0.471. The monoisotopic (exact) mass is 287 g/mol. The van der Waals surface area contributed by atoms with E-state index in [0.717, 1.165) is 43.9 Å². The Morgan fingerprint density at radius 2 is 2.10 bits per heavy atom. The molecule has 0 radical (unpaired) electrons. The van der Waals surface area contributed by atoms with Crippen LogP contribution in [-0.2, 0) is 11.3 Å². The Balaban J connectivity index is 2.29. The van der Waals surface area contributed by atoms with Crippen LogP contribution in [0.15, 0.2) is 30.3 Å². The predicted molar refractivity (Wildman–Crippen MR) is 88.9 cm³/mol. The molecule has 1 aromatic carbocycles. The number of rotatable bonds is 8. The third-order valence-corrected chi connectivity index (χ3v) is 3.56. The number of ether oxygens (including phenoxy) is 1. The van der Waals surface area contributed by atoms with Crippen LogP contribution < -0.4 is 10.2 Å². The molecule has 0 spiro atoms. The molecule has 0 atom stereocenters. The lowest BCUT2D eigenvalue weighted by Crippen LogP contribution is -2.21. The van der Waals surface area contributed by atoms with Crippen molar-refractivity contribution < 1.29 is 4.74 Å². The Bertz CT molecular complexity index is 571. The van der Waals surface area contributed by atoms with Crippen molar-refractivity contribution in [3.8, 4) is 0 Å². The van der Waals surface area contributed by atoms with Gasteiger partial charge in [0.25, 0.3) is 0 Å². The Hall–Kier alpha value is -1.65. The molecular formula is C17H25N3O. The van der Waals surface area contributed by atoms with Gasteiger partial charge in [-0.15, -0.1) is 0 Å². The average Bonchev–Trinajstić information content (AvgIpc) is 2.52. The van der Waals surface area contributed by atoms with Gasteiger partial charge in [0.1, 0.15) is 0 Å². The molecule has 0 aliphatic carbocycles. The predicted octanol–water partition coefficient (Wildman–Crippen LogP) is 2.82. The zero-order valence-corrected chi connectivity index (χ0v) is 13.2. The largest absolute Gasteiger partial charge is 0.385 e. The van der Waals surface area contributed by atoms with Crippen molar-refractivity contribution in [3.63, 3.8) is 0 Å². The molecule has 1 aromatic heterocycles. The first kappa shape index (κ1) is 15.7. The van der Waals surface area contributed by atoms with Gasteiger partial charge in [-0.3, -0.25) is 4.98 Å². The van der Waals surface area contributed by atoms with Crippen LogP contribution in [0.2, 0.25) is 0 Å². The minimum absolute atomic E-state index is 0.789. The number of pyridine rings is 1. The van der Waals surface area contributed by atoms with Gasteiger partial charge in [0.15, 0.2) is 0 Å². The second-order valence-corrected chi connectivity index (χ2v) is 5.20. The van der Waals surface area contributed by atoms with Gasteiger partial charge in [0.05, 0.1) is 11.2 Å². The maximum atomic E-state index is 5.14. The van der Waals surface area contributed by atoms with Crippen LogP contribution in [0.4, 0.5) is 5.69 Å². The molecule has 2 rings (SSSR count). The summed E-state index contributed by atoms with van der Waals surface area (Å²) in [5, 5.41) is 4.55. The van der Waals surface area contributed by atoms with E-state index in [4.69, 9.17) is 9.72 Å². The first-order valence-corrected chi connectivity index (χ1v) is 7.55. The Morgan fingerprint density at radius 1 is 1.29 bits per heavy atom. The first-order chi connectivity index (χ1) is 10.3. The summed E-state index contributed by atoms with van der Waals surface area (Å²) in [6.07, 6.45) is 1.02. The number of para-hydroxylation sites is 1. The molecule has 0 saturated carbocycles. The van der Waals surface area contributed by atoms with E-state index in [2.05, 4.69) is 48.5 Å². The molecule has 0 aliphatic rings. The molecule has 0 bridgehead atoms. The number of benzene rings is 1. The second-order valence-electron chi connectivity index (χ2n) is 5.20. The zero-order chi connectivity index (χ0) is 15.1. The van der Waals surface area contributed by atoms with E-state index in [-0.39, 0.29) is 0 Å². The molecule has 1 heterocycles. The van der Waals surface area contributed by atoms with Gasteiger partial charge in [-0.2, -0.15) is 0 Å². The molecule has 2 aromatic rings. The number of nitrogens with one attached hydrogen (secondary N) is 1. The highest BCUT2D eigenvalue weighted by atomic mass is 16.5. The standard InChI is InChI=1S/C17H25N3O/c1-4-18-13-14-12-17(20(2)10-7-11-21-3)15-8-5-6-9-16(15)19-14/h5-6,8-9,12,18H,4,7,10-11,13H2,1-3H3. The molecular weight excluding hydrogens is 262 g/mol. The van der Waals surface area contributed by atoms with Gasteiger partial charge in [-0.05, 0) is 25.1 Å². The number of hydrogen-bond donors (Lipinski definition) is 1. The summed E-state index contributed by atoms with van der Waals surface area (Å²) in [4.78, 5) is 7.03. The molecule has 4 nitrogen and oxygen atoms in total. The summed E-state index contributed by atoms with van der Waals surface area (Å²) in [5.41, 5.74) is 3.38. The first-order valence-electron chi connectivity index (χ1n) is 7.55. The number of fused-ring (bicyclic) bond motifs is 1. The second kappa shape index (κ2) is 7.96. The number of anilines is 1. The summed E-state index contributed by atoms with van der Waals surface area (Å²) in [6, 6.07) is 10.5. The minimum atomic E-state index is 0.789. The van der Waals surface area contributed by atoms with Crippen molar-refractivity contribution in [3.05, 3.63) is 36.0 Å². The van der Waals surface area contributed by atoms with E-state index >= 15 is 0 Å². The molecule has 21 heavy (non-hydrogen) atoms. The maximum Gasteiger partial charge on any atom is 0.0726 e. The van der Waals surface area contributed by atoms with Crippen LogP contribution in [0.25, 0.3) is 10.9 Å². The SMILES string of the molecule is CCNCc1cc(N(C)CCCOC)c2ccccc2n1. The van der Waals surface area contributed by atoms with Crippen molar-refractivity contribution in [2.24, 2.45) is 0 Å². The third-order valence-electron chi connectivity index (χ3n) is 3.56. The molecule has 114 valence electrons. The highest BCUT2D eigenvalue weighted by molar-refractivity contribution is 5.91. The minimum Gasteiger partial charge on any atom is -0.385 e. The van der Waals surface area contributed by atoms with E-state index in [9.17, 15) is 0 Å². The Morgan fingerprint density at radius 3 is 2.86 bits per heavy atom. The summed E-state index contributed by atoms with van der Waals surface area (Å²) < 4.78 is 5.14. The van der Waals surface area contributed by atoms with E-state index in [1.165, 1.54) is 11.1 Å². The van der Waals surface area contributed by atoms with Crippen LogP contribution in [0, 0.1) is 0 Å².